The molecule has 13 heteroatoms. The van der Waals surface area contributed by atoms with Crippen molar-refractivity contribution < 1.29 is 42.5 Å². The summed E-state index contributed by atoms with van der Waals surface area (Å²) >= 11 is 7.42. The fourth-order valence-electron chi connectivity index (χ4n) is 3.48. The van der Waals surface area contributed by atoms with Crippen molar-refractivity contribution >= 4 is 58.8 Å². The molecule has 1 aromatic heterocycles. The molecule has 0 fully saturated rings. The van der Waals surface area contributed by atoms with Gasteiger partial charge in [0.2, 0.25) is 12.7 Å². The number of hydrogen-bond acceptors (Lipinski definition) is 9. The number of carbonyl (C=O) groups is 2. The van der Waals surface area contributed by atoms with Gasteiger partial charge < -0.3 is 29.2 Å². The Labute approximate surface area is 228 Å². The van der Waals surface area contributed by atoms with E-state index in [2.05, 4.69) is 5.32 Å². The van der Waals surface area contributed by atoms with Crippen molar-refractivity contribution in [3.8, 4) is 11.5 Å². The Morgan fingerprint density at radius 2 is 1.95 bits per heavy atom. The molecule has 3 aromatic rings. The van der Waals surface area contributed by atoms with Crippen molar-refractivity contribution in [1.29, 1.82) is 0 Å². The van der Waals surface area contributed by atoms with Gasteiger partial charge in [-0.2, -0.15) is 0 Å². The summed E-state index contributed by atoms with van der Waals surface area (Å²) in [5, 5.41) is 5.01. The van der Waals surface area contributed by atoms with Crippen LogP contribution in [0.2, 0.25) is 5.02 Å². The molecule has 0 radical (unpaired) electrons. The van der Waals surface area contributed by atoms with Gasteiger partial charge in [-0.15, -0.1) is 11.3 Å². The average Bonchev–Trinajstić information content (AvgIpc) is 3.25. The summed E-state index contributed by atoms with van der Waals surface area (Å²) in [7, 11) is -1.78. The van der Waals surface area contributed by atoms with Crippen molar-refractivity contribution in [2.24, 2.45) is 0 Å². The number of carbonyl (C=O) groups excluding carboxylic acids is 2. The van der Waals surface area contributed by atoms with E-state index >= 15 is 0 Å². The Hall–Kier alpha value is -3.08. The zero-order chi connectivity index (χ0) is 27.9. The topological polar surface area (TPSA) is 130 Å². The highest BCUT2D eigenvalue weighted by Crippen LogP contribution is 2.58. The second-order valence-electron chi connectivity index (χ2n) is 8.03. The highest BCUT2D eigenvalue weighted by atomic mass is 35.5. The molecule has 3 rings (SSSR count). The number of nitrogens with one attached hydrogen (secondary N) is 1. The van der Waals surface area contributed by atoms with Gasteiger partial charge in [0.25, 0.3) is 0 Å². The van der Waals surface area contributed by atoms with Crippen LogP contribution in [0.25, 0.3) is 16.2 Å². The first-order chi connectivity index (χ1) is 18.1. The number of para-hydroxylation sites is 1. The highest BCUT2D eigenvalue weighted by molar-refractivity contribution is 7.54. The zero-order valence-corrected chi connectivity index (χ0v) is 23.5. The van der Waals surface area contributed by atoms with Crippen LogP contribution in [0.15, 0.2) is 48.0 Å². The summed E-state index contributed by atoms with van der Waals surface area (Å²) in [6.45, 7) is 2.32. The number of methoxy groups -OCH3 is 2. The summed E-state index contributed by atoms with van der Waals surface area (Å²) in [6.07, 6.45) is 1.32. The largest absolute Gasteiger partial charge is 0.510 e. The number of ether oxygens (including phenoxy) is 4. The Morgan fingerprint density at radius 3 is 2.63 bits per heavy atom. The fourth-order valence-corrected chi connectivity index (χ4v) is 6.01. The number of fused-ring (bicyclic) bond motifs is 1. The first-order valence-corrected chi connectivity index (χ1v) is 14.1. The first kappa shape index (κ1) is 29.5. The lowest BCUT2D eigenvalue weighted by molar-refractivity contribution is -0.120. The minimum Gasteiger partial charge on any atom is -0.493 e. The molecule has 2 unspecified atom stereocenters. The van der Waals surface area contributed by atoms with Gasteiger partial charge in [-0.25, -0.2) is 4.79 Å². The van der Waals surface area contributed by atoms with Crippen LogP contribution in [-0.2, 0) is 23.4 Å². The lowest BCUT2D eigenvalue weighted by Crippen LogP contribution is -2.26. The molecule has 2 atom stereocenters. The van der Waals surface area contributed by atoms with E-state index in [0.717, 1.165) is 4.70 Å². The number of halogens is 1. The van der Waals surface area contributed by atoms with Gasteiger partial charge in [-0.1, -0.05) is 23.7 Å². The number of amides is 1. The van der Waals surface area contributed by atoms with Crippen LogP contribution < -0.4 is 14.8 Å². The highest BCUT2D eigenvalue weighted by Gasteiger charge is 2.41. The lowest BCUT2D eigenvalue weighted by atomic mass is 10.1. The molecule has 0 bridgehead atoms. The monoisotopic (exact) mass is 583 g/mol. The van der Waals surface area contributed by atoms with Crippen molar-refractivity contribution in [2.75, 3.05) is 21.0 Å². The van der Waals surface area contributed by atoms with Crippen LogP contribution in [0.5, 0.6) is 11.5 Å². The third kappa shape index (κ3) is 7.27. The maximum absolute atomic E-state index is 13.4. The molecule has 0 aliphatic carbocycles. The molecule has 2 aromatic carbocycles. The third-order valence-corrected chi connectivity index (χ3v) is 7.96. The molecule has 10 nitrogen and oxygen atoms in total. The summed E-state index contributed by atoms with van der Waals surface area (Å²) < 4.78 is 39.3. The van der Waals surface area contributed by atoms with Crippen LogP contribution in [0.3, 0.4) is 0 Å². The van der Waals surface area contributed by atoms with E-state index < -0.39 is 38.2 Å². The first-order valence-electron chi connectivity index (χ1n) is 11.2. The quantitative estimate of drug-likeness (QED) is 0.156. The van der Waals surface area contributed by atoms with Crippen LogP contribution in [0.4, 0.5) is 4.79 Å². The van der Waals surface area contributed by atoms with Crippen LogP contribution in [0.1, 0.15) is 30.6 Å². The predicted molar refractivity (Wildman–Crippen MR) is 145 cm³/mol. The van der Waals surface area contributed by atoms with E-state index in [1.807, 2.05) is 0 Å². The molecule has 38 heavy (non-hydrogen) atoms. The van der Waals surface area contributed by atoms with Crippen LogP contribution in [-0.4, -0.2) is 44.1 Å². The summed E-state index contributed by atoms with van der Waals surface area (Å²) in [5.41, 5.74) is -0.846. The van der Waals surface area contributed by atoms with Crippen molar-refractivity contribution in [3.63, 3.8) is 0 Å². The van der Waals surface area contributed by atoms with Crippen molar-refractivity contribution in [1.82, 2.24) is 5.32 Å². The molecule has 1 amide bonds. The second-order valence-corrected chi connectivity index (χ2v) is 11.3. The van der Waals surface area contributed by atoms with E-state index in [1.165, 1.54) is 31.8 Å². The molecular weight excluding hydrogens is 557 g/mol. The molecule has 0 saturated heterocycles. The summed E-state index contributed by atoms with van der Waals surface area (Å²) in [5.74, 6) is 0.0974. The molecule has 0 saturated carbocycles. The van der Waals surface area contributed by atoms with E-state index in [0.29, 0.717) is 27.5 Å². The molecule has 0 aliphatic heterocycles. The lowest BCUT2D eigenvalue weighted by Gasteiger charge is -2.21. The van der Waals surface area contributed by atoms with E-state index in [4.69, 9.17) is 35.1 Å². The van der Waals surface area contributed by atoms with Crippen molar-refractivity contribution in [3.05, 3.63) is 64.1 Å². The Kier molecular flexibility index (Phi) is 10.2. The van der Waals surface area contributed by atoms with E-state index in [9.17, 15) is 19.0 Å². The minimum atomic E-state index is -4.76. The minimum absolute atomic E-state index is 0.230. The number of benzene rings is 2. The van der Waals surface area contributed by atoms with Gasteiger partial charge in [-0.3, -0.25) is 13.9 Å². The molecule has 0 aliphatic rings. The van der Waals surface area contributed by atoms with Gasteiger partial charge in [0, 0.05) is 21.5 Å². The normalized spacial score (nSPS) is 13.8. The van der Waals surface area contributed by atoms with Crippen LogP contribution in [0, 0.1) is 0 Å². The third-order valence-electron chi connectivity index (χ3n) is 5.10. The number of thiophene rings is 1. The zero-order valence-electron chi connectivity index (χ0n) is 21.0. The Bertz CT molecular complexity index is 1370. The smallest absolute Gasteiger partial charge is 0.493 e. The molecule has 2 N–H and O–H groups in total. The van der Waals surface area contributed by atoms with Crippen molar-refractivity contribution in [2.45, 2.75) is 25.6 Å². The number of rotatable bonds is 11. The summed E-state index contributed by atoms with van der Waals surface area (Å²) in [4.78, 5) is 35.8. The molecular formula is C25H27ClNO9PS. The molecule has 204 valence electrons. The van der Waals surface area contributed by atoms with Gasteiger partial charge in [0.15, 0.2) is 17.2 Å². The average molecular weight is 584 g/mol. The fraction of sp³-hybridized carbons (Fsp3) is 0.280. The van der Waals surface area contributed by atoms with E-state index in [-0.39, 0.29) is 5.56 Å². The SMILES string of the molecule is COc1cccc(C=CNC(=O)C(c2csc3ccc(Cl)cc23)P(=O)(O)OCOC(=O)OC(C)C)c1OC. The summed E-state index contributed by atoms with van der Waals surface area (Å²) in [6, 6.07) is 10.2. The van der Waals surface area contributed by atoms with Crippen LogP contribution >= 0.6 is 30.5 Å². The van der Waals surface area contributed by atoms with Gasteiger partial charge in [0.05, 0.1) is 20.3 Å². The Balaban J connectivity index is 1.89. The molecule has 1 heterocycles. The number of hydrogen-bond donors (Lipinski definition) is 2. The van der Waals surface area contributed by atoms with E-state index in [1.54, 1.807) is 61.7 Å². The Morgan fingerprint density at radius 1 is 1.18 bits per heavy atom. The maximum atomic E-state index is 13.4. The van der Waals surface area contributed by atoms with Gasteiger partial charge >= 0.3 is 13.8 Å². The standard InChI is InChI=1S/C25H27ClNO9PS/c1-15(2)36-25(29)34-14-35-37(30,31)23(19-13-38-21-9-8-17(26)12-18(19)21)24(28)27-11-10-16-6-5-7-20(32-3)22(16)33-4/h5-13,15,23H,14H2,1-4H3,(H,27,28)(H,30,31). The maximum Gasteiger partial charge on any atom is 0.510 e. The molecule has 0 spiro atoms. The second kappa shape index (κ2) is 13.1. The van der Waals surface area contributed by atoms with Gasteiger partial charge in [-0.05, 0) is 60.5 Å². The predicted octanol–water partition coefficient (Wildman–Crippen LogP) is 6.12. The van der Waals surface area contributed by atoms with Gasteiger partial charge in [0.1, 0.15) is 0 Å².